The van der Waals surface area contributed by atoms with Crippen molar-refractivity contribution >= 4 is 16.6 Å². The molecule has 1 aliphatic rings. The van der Waals surface area contributed by atoms with Crippen LogP contribution in [0.3, 0.4) is 0 Å². The molecule has 1 aliphatic carbocycles. The zero-order valence-corrected chi connectivity index (χ0v) is 17.3. The topological polar surface area (TPSA) is 64.9 Å². The van der Waals surface area contributed by atoms with Crippen molar-refractivity contribution in [1.82, 2.24) is 19.7 Å². The van der Waals surface area contributed by atoms with E-state index < -0.39 is 0 Å². The van der Waals surface area contributed by atoms with Crippen LogP contribution in [0, 0.1) is 5.92 Å². The predicted molar refractivity (Wildman–Crippen MR) is 119 cm³/mol. The number of anilines is 1. The van der Waals surface area contributed by atoms with Crippen molar-refractivity contribution in [3.05, 3.63) is 66.4 Å². The summed E-state index contributed by atoms with van der Waals surface area (Å²) in [6.45, 7) is 0.993. The second kappa shape index (κ2) is 7.78. The third-order valence-corrected chi connectivity index (χ3v) is 5.66. The Kier molecular flexibility index (Phi) is 4.83. The van der Waals surface area contributed by atoms with E-state index in [4.69, 9.17) is 4.74 Å². The summed E-state index contributed by atoms with van der Waals surface area (Å²) in [5.41, 5.74) is 4.26. The minimum absolute atomic E-state index is 0.698. The van der Waals surface area contributed by atoms with Crippen molar-refractivity contribution in [3.63, 3.8) is 0 Å². The van der Waals surface area contributed by atoms with Crippen LogP contribution >= 0.6 is 0 Å². The van der Waals surface area contributed by atoms with Crippen molar-refractivity contribution in [2.75, 3.05) is 19.0 Å². The summed E-state index contributed by atoms with van der Waals surface area (Å²) in [4.78, 5) is 9.25. The highest BCUT2D eigenvalue weighted by atomic mass is 16.5. The number of benzene rings is 1. The SMILES string of the molecule is COc1cc(-c2cnn(C)c2)ccc1Cc1cc2c(NCC3CC3)nccc2cn1. The number of ether oxygens (including phenoxy) is 1. The minimum atomic E-state index is 0.698. The Balaban J connectivity index is 1.43. The van der Waals surface area contributed by atoms with E-state index in [9.17, 15) is 0 Å². The van der Waals surface area contributed by atoms with Crippen LogP contribution in [0.2, 0.25) is 0 Å². The van der Waals surface area contributed by atoms with Crippen LogP contribution in [0.15, 0.2) is 55.1 Å². The van der Waals surface area contributed by atoms with Crippen molar-refractivity contribution in [1.29, 1.82) is 0 Å². The molecule has 0 aliphatic heterocycles. The van der Waals surface area contributed by atoms with Gasteiger partial charge >= 0.3 is 0 Å². The van der Waals surface area contributed by atoms with Crippen LogP contribution in [0.4, 0.5) is 5.82 Å². The summed E-state index contributed by atoms with van der Waals surface area (Å²) < 4.78 is 7.49. The van der Waals surface area contributed by atoms with Crippen LogP contribution in [0.5, 0.6) is 5.75 Å². The maximum Gasteiger partial charge on any atom is 0.133 e. The molecule has 1 N–H and O–H groups in total. The van der Waals surface area contributed by atoms with Gasteiger partial charge < -0.3 is 10.1 Å². The van der Waals surface area contributed by atoms with Gasteiger partial charge in [-0.25, -0.2) is 4.98 Å². The average molecular weight is 399 g/mol. The Labute approximate surface area is 175 Å². The summed E-state index contributed by atoms with van der Waals surface area (Å²) in [7, 11) is 3.63. The molecule has 0 radical (unpaired) electrons. The van der Waals surface area contributed by atoms with Gasteiger partial charge in [-0.05, 0) is 42.5 Å². The molecule has 3 aromatic heterocycles. The number of aromatic nitrogens is 4. The molecule has 3 heterocycles. The largest absolute Gasteiger partial charge is 0.496 e. The maximum absolute atomic E-state index is 5.69. The molecule has 1 saturated carbocycles. The summed E-state index contributed by atoms with van der Waals surface area (Å²) in [5.74, 6) is 2.60. The summed E-state index contributed by atoms with van der Waals surface area (Å²) >= 11 is 0. The number of rotatable bonds is 7. The standard InChI is InChI=1S/C24H25N5O/c1-29-15-20(14-28-29)17-5-6-18(23(10-17)30-2)9-21-11-22-19(13-26-21)7-8-25-24(22)27-12-16-3-4-16/h5-8,10-11,13-16H,3-4,9,12H2,1-2H3,(H,25,27). The van der Waals surface area contributed by atoms with E-state index >= 15 is 0 Å². The first-order valence-electron chi connectivity index (χ1n) is 10.3. The summed E-state index contributed by atoms with van der Waals surface area (Å²) in [6, 6.07) is 10.4. The van der Waals surface area contributed by atoms with Gasteiger partial charge in [0.2, 0.25) is 0 Å². The number of hydrogen-bond acceptors (Lipinski definition) is 5. The first kappa shape index (κ1) is 18.6. The highest BCUT2D eigenvalue weighted by molar-refractivity contribution is 5.91. The fraction of sp³-hybridized carbons (Fsp3) is 0.292. The fourth-order valence-electron chi connectivity index (χ4n) is 3.74. The van der Waals surface area contributed by atoms with Crippen molar-refractivity contribution in [2.24, 2.45) is 13.0 Å². The highest BCUT2D eigenvalue weighted by Crippen LogP contribution is 2.31. The molecule has 30 heavy (non-hydrogen) atoms. The zero-order chi connectivity index (χ0) is 20.5. The van der Waals surface area contributed by atoms with E-state index in [0.29, 0.717) is 6.42 Å². The Morgan fingerprint density at radius 2 is 2.00 bits per heavy atom. The molecular formula is C24H25N5O. The molecule has 0 saturated heterocycles. The monoisotopic (exact) mass is 399 g/mol. The van der Waals surface area contributed by atoms with Crippen LogP contribution in [-0.2, 0) is 13.5 Å². The van der Waals surface area contributed by atoms with Crippen LogP contribution in [-0.4, -0.2) is 33.4 Å². The normalized spacial score (nSPS) is 13.5. The Hall–Kier alpha value is -3.41. The molecule has 1 fully saturated rings. The van der Waals surface area contributed by atoms with E-state index in [-0.39, 0.29) is 0 Å². The van der Waals surface area contributed by atoms with E-state index in [1.165, 1.54) is 12.8 Å². The molecule has 0 amide bonds. The summed E-state index contributed by atoms with van der Waals surface area (Å²) in [5, 5.41) is 10.0. The van der Waals surface area contributed by atoms with Gasteiger partial charge in [-0.15, -0.1) is 0 Å². The third-order valence-electron chi connectivity index (χ3n) is 5.66. The minimum Gasteiger partial charge on any atom is -0.496 e. The zero-order valence-electron chi connectivity index (χ0n) is 17.3. The molecule has 0 atom stereocenters. The summed E-state index contributed by atoms with van der Waals surface area (Å²) in [6.07, 6.45) is 11.0. The number of nitrogens with zero attached hydrogens (tertiary/aromatic N) is 4. The first-order valence-corrected chi connectivity index (χ1v) is 10.3. The molecule has 152 valence electrons. The third kappa shape index (κ3) is 3.85. The van der Waals surface area contributed by atoms with Crippen molar-refractivity contribution < 1.29 is 4.74 Å². The molecule has 4 aromatic rings. The molecular weight excluding hydrogens is 374 g/mol. The van der Waals surface area contributed by atoms with Gasteiger partial charge in [-0.2, -0.15) is 5.10 Å². The first-order chi connectivity index (χ1) is 14.7. The Bertz CT molecular complexity index is 1200. The second-order valence-electron chi connectivity index (χ2n) is 7.99. The average Bonchev–Trinajstić information content (AvgIpc) is 3.50. The van der Waals surface area contributed by atoms with Crippen molar-refractivity contribution in [3.8, 4) is 16.9 Å². The van der Waals surface area contributed by atoms with Gasteiger partial charge in [-0.1, -0.05) is 12.1 Å². The van der Waals surface area contributed by atoms with Gasteiger partial charge in [0.1, 0.15) is 11.6 Å². The van der Waals surface area contributed by atoms with E-state index in [0.717, 1.165) is 57.2 Å². The fourth-order valence-corrected chi connectivity index (χ4v) is 3.74. The maximum atomic E-state index is 5.69. The number of nitrogens with one attached hydrogen (secondary N) is 1. The number of pyridine rings is 2. The number of fused-ring (bicyclic) bond motifs is 1. The van der Waals surface area contributed by atoms with E-state index in [1.807, 2.05) is 37.9 Å². The van der Waals surface area contributed by atoms with Gasteiger partial charge in [-0.3, -0.25) is 9.67 Å². The smallest absolute Gasteiger partial charge is 0.133 e. The van der Waals surface area contributed by atoms with Gasteiger partial charge in [0.05, 0.1) is 13.3 Å². The Morgan fingerprint density at radius 3 is 2.77 bits per heavy atom. The molecule has 5 rings (SSSR count). The quantitative estimate of drug-likeness (QED) is 0.497. The lowest BCUT2D eigenvalue weighted by molar-refractivity contribution is 0.410. The van der Waals surface area contributed by atoms with E-state index in [1.54, 1.807) is 11.8 Å². The lowest BCUT2D eigenvalue weighted by Gasteiger charge is -2.12. The molecule has 1 aromatic carbocycles. The highest BCUT2D eigenvalue weighted by Gasteiger charge is 2.21. The number of aryl methyl sites for hydroxylation is 1. The molecule has 0 spiro atoms. The van der Waals surface area contributed by atoms with Crippen LogP contribution in [0.25, 0.3) is 21.9 Å². The van der Waals surface area contributed by atoms with Crippen LogP contribution < -0.4 is 10.1 Å². The molecule has 0 bridgehead atoms. The molecule has 0 unspecified atom stereocenters. The van der Waals surface area contributed by atoms with Crippen molar-refractivity contribution in [2.45, 2.75) is 19.3 Å². The Morgan fingerprint density at radius 1 is 1.10 bits per heavy atom. The number of hydrogen-bond donors (Lipinski definition) is 1. The predicted octanol–water partition coefficient (Wildman–Crippen LogP) is 4.45. The van der Waals surface area contributed by atoms with Crippen LogP contribution in [0.1, 0.15) is 24.1 Å². The lowest BCUT2D eigenvalue weighted by atomic mass is 10.0. The van der Waals surface area contributed by atoms with Gasteiger partial charge in [0.15, 0.2) is 0 Å². The van der Waals surface area contributed by atoms with E-state index in [2.05, 4.69) is 44.6 Å². The van der Waals surface area contributed by atoms with Gasteiger partial charge in [0.25, 0.3) is 0 Å². The number of methoxy groups -OCH3 is 1. The molecule has 6 heteroatoms. The lowest BCUT2D eigenvalue weighted by Crippen LogP contribution is -2.05. The van der Waals surface area contributed by atoms with Gasteiger partial charge in [0, 0.05) is 66.2 Å². The second-order valence-corrected chi connectivity index (χ2v) is 7.99. The molecule has 6 nitrogen and oxygen atoms in total.